The number of ether oxygens (including phenoxy) is 1. The van der Waals surface area contributed by atoms with E-state index in [2.05, 4.69) is 10.0 Å². The summed E-state index contributed by atoms with van der Waals surface area (Å²) in [5.41, 5.74) is -0.257. The third kappa shape index (κ3) is 3.86. The van der Waals surface area contributed by atoms with Crippen LogP contribution in [0.4, 0.5) is 10.7 Å². The Balaban J connectivity index is 2.99. The Labute approximate surface area is 115 Å². The number of nitrogens with one attached hydrogen (secondary N) is 2. The van der Waals surface area contributed by atoms with Gasteiger partial charge in [0, 0.05) is 26.8 Å². The van der Waals surface area contributed by atoms with Crippen LogP contribution in [0.5, 0.6) is 0 Å². The molecule has 0 aliphatic rings. The van der Waals surface area contributed by atoms with E-state index in [-0.39, 0.29) is 27.5 Å². The number of thiophene rings is 1. The molecule has 1 rings (SSSR count). The number of hydrogen-bond donors (Lipinski definition) is 2. The lowest BCUT2D eigenvalue weighted by atomic mass is 10.4. The van der Waals surface area contributed by atoms with Crippen molar-refractivity contribution in [2.24, 2.45) is 0 Å². The minimum Gasteiger partial charge on any atom is -0.380 e. The molecule has 0 spiro atoms. The Bertz CT molecular complexity index is 554. The van der Waals surface area contributed by atoms with Crippen molar-refractivity contribution < 1.29 is 18.1 Å². The van der Waals surface area contributed by atoms with Crippen molar-refractivity contribution in [3.63, 3.8) is 0 Å². The van der Waals surface area contributed by atoms with Crippen LogP contribution in [-0.2, 0) is 14.8 Å². The van der Waals surface area contributed by atoms with E-state index < -0.39 is 14.9 Å². The number of methoxy groups -OCH3 is 1. The maximum atomic E-state index is 12.0. The van der Waals surface area contributed by atoms with Crippen molar-refractivity contribution in [1.29, 1.82) is 0 Å². The summed E-state index contributed by atoms with van der Waals surface area (Å²) in [7, 11) is -0.805. The first-order chi connectivity index (χ1) is 8.81. The molecule has 1 atom stereocenters. The van der Waals surface area contributed by atoms with Crippen LogP contribution >= 0.6 is 11.3 Å². The predicted molar refractivity (Wildman–Crippen MR) is 72.2 cm³/mol. The van der Waals surface area contributed by atoms with E-state index >= 15 is 0 Å². The van der Waals surface area contributed by atoms with Gasteiger partial charge in [-0.1, -0.05) is 11.3 Å². The van der Waals surface area contributed by atoms with E-state index in [1.165, 1.54) is 14.2 Å². The van der Waals surface area contributed by atoms with E-state index in [0.29, 0.717) is 0 Å². The van der Waals surface area contributed by atoms with Gasteiger partial charge in [0.25, 0.3) is 0 Å². The van der Waals surface area contributed by atoms with Gasteiger partial charge in [-0.15, -0.1) is 0 Å². The fourth-order valence-corrected chi connectivity index (χ4v) is 3.63. The number of hydrogen-bond acceptors (Lipinski definition) is 7. The Morgan fingerprint density at radius 2 is 2.21 bits per heavy atom. The van der Waals surface area contributed by atoms with Gasteiger partial charge in [-0.05, 0) is 6.92 Å². The maximum absolute atomic E-state index is 12.0. The quantitative estimate of drug-likeness (QED) is 0.574. The minimum absolute atomic E-state index is 0.0966. The second-order valence-electron chi connectivity index (χ2n) is 3.69. The first kappa shape index (κ1) is 15.8. The average molecular weight is 309 g/mol. The van der Waals surface area contributed by atoms with Gasteiger partial charge < -0.3 is 10.1 Å². The molecule has 0 saturated heterocycles. The second-order valence-corrected chi connectivity index (χ2v) is 6.73. The Morgan fingerprint density at radius 1 is 1.58 bits per heavy atom. The van der Waals surface area contributed by atoms with E-state index in [4.69, 9.17) is 4.74 Å². The molecule has 1 heterocycles. The molecule has 8 nitrogen and oxygen atoms in total. The first-order valence-electron chi connectivity index (χ1n) is 5.30. The fraction of sp³-hybridized carbons (Fsp3) is 0.556. The molecule has 2 N–H and O–H groups in total. The number of sulfonamides is 1. The largest absolute Gasteiger partial charge is 0.380 e. The summed E-state index contributed by atoms with van der Waals surface area (Å²) >= 11 is 0.810. The summed E-state index contributed by atoms with van der Waals surface area (Å²) in [5, 5.41) is 13.6. The maximum Gasteiger partial charge on any atom is 0.304 e. The van der Waals surface area contributed by atoms with Gasteiger partial charge >= 0.3 is 5.69 Å². The van der Waals surface area contributed by atoms with E-state index in [1.807, 2.05) is 0 Å². The monoisotopic (exact) mass is 309 g/mol. The summed E-state index contributed by atoms with van der Waals surface area (Å²) in [6, 6.07) is 1.04. The van der Waals surface area contributed by atoms with Gasteiger partial charge in [0.05, 0.1) is 11.0 Å². The van der Waals surface area contributed by atoms with E-state index in [9.17, 15) is 18.5 Å². The number of nitrogens with zero attached hydrogens (tertiary/aromatic N) is 1. The SMILES string of the molecule is CNc1sc(S(=O)(=O)NCC(C)OC)cc1[N+](=O)[O-]. The van der Waals surface area contributed by atoms with E-state index in [0.717, 1.165) is 17.4 Å². The van der Waals surface area contributed by atoms with Gasteiger partial charge in [0.2, 0.25) is 10.0 Å². The molecule has 0 bridgehead atoms. The van der Waals surface area contributed by atoms with Gasteiger partial charge in [-0.25, -0.2) is 13.1 Å². The lowest BCUT2D eigenvalue weighted by Crippen LogP contribution is -2.31. The molecule has 0 radical (unpaired) electrons. The molecule has 0 saturated carbocycles. The Morgan fingerprint density at radius 3 is 2.63 bits per heavy atom. The van der Waals surface area contributed by atoms with Crippen LogP contribution in [0.1, 0.15) is 6.92 Å². The predicted octanol–water partition coefficient (Wildman–Crippen LogP) is 1.01. The zero-order valence-corrected chi connectivity index (χ0v) is 12.3. The zero-order chi connectivity index (χ0) is 14.6. The van der Waals surface area contributed by atoms with Crippen LogP contribution in [0.25, 0.3) is 0 Å². The molecule has 0 aliphatic heterocycles. The van der Waals surface area contributed by atoms with Crippen LogP contribution in [0.3, 0.4) is 0 Å². The van der Waals surface area contributed by atoms with Crippen molar-refractivity contribution in [1.82, 2.24) is 4.72 Å². The van der Waals surface area contributed by atoms with Crippen molar-refractivity contribution in [2.75, 3.05) is 26.0 Å². The molecule has 1 unspecified atom stereocenters. The number of nitro groups is 1. The van der Waals surface area contributed by atoms with Crippen molar-refractivity contribution >= 4 is 32.0 Å². The highest BCUT2D eigenvalue weighted by Gasteiger charge is 2.25. The Kier molecular flexibility index (Phi) is 5.23. The van der Waals surface area contributed by atoms with Crippen molar-refractivity contribution in [3.8, 4) is 0 Å². The van der Waals surface area contributed by atoms with Crippen LogP contribution < -0.4 is 10.0 Å². The zero-order valence-electron chi connectivity index (χ0n) is 10.7. The molecule has 0 aromatic carbocycles. The minimum atomic E-state index is -3.77. The molecular weight excluding hydrogens is 294 g/mol. The highest BCUT2D eigenvalue weighted by atomic mass is 32.2. The van der Waals surface area contributed by atoms with Gasteiger partial charge in [-0.2, -0.15) is 0 Å². The first-order valence-corrected chi connectivity index (χ1v) is 7.60. The van der Waals surface area contributed by atoms with Gasteiger partial charge in [-0.3, -0.25) is 10.1 Å². The molecule has 0 fully saturated rings. The van der Waals surface area contributed by atoms with Crippen LogP contribution in [0.2, 0.25) is 0 Å². The van der Waals surface area contributed by atoms with Gasteiger partial charge in [0.15, 0.2) is 5.00 Å². The van der Waals surface area contributed by atoms with Crippen LogP contribution in [-0.4, -0.2) is 40.1 Å². The lowest BCUT2D eigenvalue weighted by Gasteiger charge is -2.09. The standard InChI is InChI=1S/C9H15N3O5S2/c1-6(17-3)5-11-19(15,16)8-4-7(12(13)14)9(10-2)18-8/h4,6,10-11H,5H2,1-3H3. The smallest absolute Gasteiger partial charge is 0.304 e. The number of rotatable bonds is 7. The summed E-state index contributed by atoms with van der Waals surface area (Å²) in [5.74, 6) is 0. The van der Waals surface area contributed by atoms with Crippen LogP contribution in [0.15, 0.2) is 10.3 Å². The molecule has 108 valence electrons. The van der Waals surface area contributed by atoms with E-state index in [1.54, 1.807) is 6.92 Å². The van der Waals surface area contributed by atoms with Crippen molar-refractivity contribution in [3.05, 3.63) is 16.2 Å². The highest BCUT2D eigenvalue weighted by Crippen LogP contribution is 2.36. The average Bonchev–Trinajstić information content (AvgIpc) is 2.81. The molecule has 10 heteroatoms. The third-order valence-electron chi connectivity index (χ3n) is 2.34. The normalized spacial score (nSPS) is 13.2. The van der Waals surface area contributed by atoms with Gasteiger partial charge in [0.1, 0.15) is 4.21 Å². The second kappa shape index (κ2) is 6.28. The topological polar surface area (TPSA) is 111 Å². The molecule has 0 aliphatic carbocycles. The summed E-state index contributed by atoms with van der Waals surface area (Å²) in [6.07, 6.45) is -0.284. The van der Waals surface area contributed by atoms with Crippen molar-refractivity contribution in [2.45, 2.75) is 17.2 Å². The Hall–Kier alpha value is -1.23. The molecular formula is C9H15N3O5S2. The molecule has 1 aromatic rings. The van der Waals surface area contributed by atoms with Crippen LogP contribution in [0, 0.1) is 10.1 Å². The highest BCUT2D eigenvalue weighted by molar-refractivity contribution is 7.91. The summed E-state index contributed by atoms with van der Waals surface area (Å²) in [6.45, 7) is 1.80. The summed E-state index contributed by atoms with van der Waals surface area (Å²) < 4.78 is 31.1. The lowest BCUT2D eigenvalue weighted by molar-refractivity contribution is -0.383. The summed E-state index contributed by atoms with van der Waals surface area (Å²) in [4.78, 5) is 10.1. The molecule has 0 amide bonds. The fourth-order valence-electron chi connectivity index (χ4n) is 1.19. The number of anilines is 1. The third-order valence-corrected chi connectivity index (χ3v) is 5.38. The molecule has 19 heavy (non-hydrogen) atoms. The molecule has 1 aromatic heterocycles.